The number of amides is 2. The van der Waals surface area contributed by atoms with E-state index in [-0.39, 0.29) is 18.2 Å². The van der Waals surface area contributed by atoms with Gasteiger partial charge in [-0.15, -0.1) is 0 Å². The molecule has 0 aliphatic carbocycles. The van der Waals surface area contributed by atoms with Gasteiger partial charge in [-0.1, -0.05) is 74.5 Å². The first-order valence-electron chi connectivity index (χ1n) is 12.9. The molecular weight excluding hydrogens is 464 g/mol. The first-order chi connectivity index (χ1) is 18.0. The Bertz CT molecular complexity index is 1090. The maximum Gasteiger partial charge on any atom is 0.243 e. The van der Waals surface area contributed by atoms with Crippen LogP contribution in [0.2, 0.25) is 0 Å². The second kappa shape index (κ2) is 14.7. The Labute approximate surface area is 220 Å². The van der Waals surface area contributed by atoms with Crippen LogP contribution >= 0.6 is 0 Å². The molecule has 0 aromatic heterocycles. The third-order valence-corrected chi connectivity index (χ3v) is 6.01. The van der Waals surface area contributed by atoms with Crippen molar-refractivity contribution < 1.29 is 19.1 Å². The van der Waals surface area contributed by atoms with Gasteiger partial charge in [0.2, 0.25) is 11.8 Å². The molecule has 37 heavy (non-hydrogen) atoms. The molecule has 3 aromatic rings. The quantitative estimate of drug-likeness (QED) is 0.305. The van der Waals surface area contributed by atoms with Crippen molar-refractivity contribution in [2.24, 2.45) is 5.92 Å². The lowest BCUT2D eigenvalue weighted by Crippen LogP contribution is -2.51. The highest BCUT2D eigenvalue weighted by Gasteiger charge is 2.30. The molecule has 0 saturated heterocycles. The van der Waals surface area contributed by atoms with E-state index in [2.05, 4.69) is 19.2 Å². The van der Waals surface area contributed by atoms with Crippen LogP contribution in [0, 0.1) is 5.92 Å². The summed E-state index contributed by atoms with van der Waals surface area (Å²) >= 11 is 0. The van der Waals surface area contributed by atoms with Crippen molar-refractivity contribution in [1.82, 2.24) is 10.2 Å². The smallest absolute Gasteiger partial charge is 0.243 e. The van der Waals surface area contributed by atoms with Gasteiger partial charge in [0, 0.05) is 25.9 Å². The van der Waals surface area contributed by atoms with Gasteiger partial charge < -0.3 is 19.7 Å². The number of methoxy groups -OCH3 is 1. The Balaban J connectivity index is 1.73. The maximum atomic E-state index is 13.6. The molecule has 0 heterocycles. The van der Waals surface area contributed by atoms with E-state index in [1.807, 2.05) is 84.9 Å². The van der Waals surface area contributed by atoms with Crippen LogP contribution in [0.15, 0.2) is 84.9 Å². The molecule has 1 N–H and O–H groups in total. The van der Waals surface area contributed by atoms with E-state index in [9.17, 15) is 9.59 Å². The number of carbonyl (C=O) groups is 2. The molecule has 3 aromatic carbocycles. The minimum absolute atomic E-state index is 0.0668. The van der Waals surface area contributed by atoms with Crippen LogP contribution in [0.25, 0.3) is 0 Å². The predicted octanol–water partition coefficient (Wildman–Crippen LogP) is 5.27. The third-order valence-electron chi connectivity index (χ3n) is 6.01. The second-order valence-corrected chi connectivity index (χ2v) is 9.48. The highest BCUT2D eigenvalue weighted by molar-refractivity contribution is 5.88. The van der Waals surface area contributed by atoms with Crippen LogP contribution in [0.5, 0.6) is 11.5 Å². The fraction of sp³-hybridized carbons (Fsp3) is 0.355. The van der Waals surface area contributed by atoms with E-state index in [1.54, 1.807) is 12.0 Å². The van der Waals surface area contributed by atoms with Gasteiger partial charge in [0.05, 0.1) is 13.7 Å². The molecule has 0 radical (unpaired) electrons. The van der Waals surface area contributed by atoms with Crippen LogP contribution in [0.3, 0.4) is 0 Å². The summed E-state index contributed by atoms with van der Waals surface area (Å²) in [6.07, 6.45) is 1.28. The number of hydrogen-bond donors (Lipinski definition) is 1. The van der Waals surface area contributed by atoms with Crippen molar-refractivity contribution in [2.75, 3.05) is 20.3 Å². The monoisotopic (exact) mass is 502 g/mol. The van der Waals surface area contributed by atoms with Crippen LogP contribution in [-0.4, -0.2) is 43.0 Å². The number of nitrogens with one attached hydrogen (secondary N) is 1. The topological polar surface area (TPSA) is 67.9 Å². The molecule has 0 aliphatic heterocycles. The fourth-order valence-corrected chi connectivity index (χ4v) is 3.99. The maximum absolute atomic E-state index is 13.6. The van der Waals surface area contributed by atoms with E-state index in [0.717, 1.165) is 22.6 Å². The van der Waals surface area contributed by atoms with Crippen molar-refractivity contribution in [1.29, 1.82) is 0 Å². The summed E-state index contributed by atoms with van der Waals surface area (Å²) in [5.74, 6) is 1.61. The van der Waals surface area contributed by atoms with E-state index in [4.69, 9.17) is 9.47 Å². The SMILES string of the molecule is COc1ccc(OCCCC(=O)N(Cc2ccccc2)[C@@H](Cc2ccccc2)C(=O)NCC(C)C)cc1. The molecule has 2 amide bonds. The zero-order chi connectivity index (χ0) is 26.5. The zero-order valence-electron chi connectivity index (χ0n) is 22.1. The van der Waals surface area contributed by atoms with Gasteiger partial charge in [-0.3, -0.25) is 9.59 Å². The van der Waals surface area contributed by atoms with Crippen LogP contribution in [0.1, 0.15) is 37.8 Å². The summed E-state index contributed by atoms with van der Waals surface area (Å²) in [5, 5.41) is 3.05. The predicted molar refractivity (Wildman–Crippen MR) is 146 cm³/mol. The van der Waals surface area contributed by atoms with Crippen molar-refractivity contribution >= 4 is 11.8 Å². The summed E-state index contributed by atoms with van der Waals surface area (Å²) in [5.41, 5.74) is 2.00. The first kappa shape index (κ1) is 27.8. The van der Waals surface area contributed by atoms with E-state index in [1.165, 1.54) is 0 Å². The lowest BCUT2D eigenvalue weighted by molar-refractivity contribution is -0.141. The fourth-order valence-electron chi connectivity index (χ4n) is 3.99. The molecule has 196 valence electrons. The summed E-state index contributed by atoms with van der Waals surface area (Å²) in [6, 6.07) is 26.4. The largest absolute Gasteiger partial charge is 0.497 e. The van der Waals surface area contributed by atoms with Crippen LogP contribution in [0.4, 0.5) is 0 Å². The van der Waals surface area contributed by atoms with Crippen LogP contribution < -0.4 is 14.8 Å². The second-order valence-electron chi connectivity index (χ2n) is 9.48. The Morgan fingerprint density at radius 1 is 0.838 bits per heavy atom. The average molecular weight is 503 g/mol. The number of benzene rings is 3. The minimum atomic E-state index is -0.614. The molecular formula is C31H38N2O4. The Morgan fingerprint density at radius 3 is 2.03 bits per heavy atom. The molecule has 0 saturated carbocycles. The van der Waals surface area contributed by atoms with Gasteiger partial charge in [0.15, 0.2) is 0 Å². The number of rotatable bonds is 14. The number of ether oxygens (including phenoxy) is 2. The highest BCUT2D eigenvalue weighted by atomic mass is 16.5. The summed E-state index contributed by atoms with van der Waals surface area (Å²) in [7, 11) is 1.62. The average Bonchev–Trinajstić information content (AvgIpc) is 2.93. The van der Waals surface area contributed by atoms with Gasteiger partial charge in [-0.2, -0.15) is 0 Å². The summed E-state index contributed by atoms with van der Waals surface area (Å²) in [4.78, 5) is 28.7. The standard InChI is InChI=1S/C31H38N2O4/c1-24(2)22-32-31(35)29(21-25-11-6-4-7-12-25)33(23-26-13-8-5-9-14-26)30(34)15-10-20-37-28-18-16-27(36-3)17-19-28/h4-9,11-14,16-19,24,29H,10,15,20-23H2,1-3H3,(H,32,35)/t29-/m0/s1. The first-order valence-corrected chi connectivity index (χ1v) is 12.9. The molecule has 6 heteroatoms. The molecule has 6 nitrogen and oxygen atoms in total. The Morgan fingerprint density at radius 2 is 1.43 bits per heavy atom. The van der Waals surface area contributed by atoms with Crippen LogP contribution in [-0.2, 0) is 22.6 Å². The highest BCUT2D eigenvalue weighted by Crippen LogP contribution is 2.19. The zero-order valence-corrected chi connectivity index (χ0v) is 22.1. The number of hydrogen-bond acceptors (Lipinski definition) is 4. The van der Waals surface area contributed by atoms with Gasteiger partial charge in [0.25, 0.3) is 0 Å². The third kappa shape index (κ3) is 9.30. The van der Waals surface area contributed by atoms with E-state index >= 15 is 0 Å². The molecule has 0 bridgehead atoms. The lowest BCUT2D eigenvalue weighted by atomic mass is 10.0. The number of nitrogens with zero attached hydrogens (tertiary/aromatic N) is 1. The normalized spacial score (nSPS) is 11.6. The summed E-state index contributed by atoms with van der Waals surface area (Å²) < 4.78 is 11.0. The van der Waals surface area contributed by atoms with Crippen molar-refractivity contribution in [2.45, 2.75) is 45.7 Å². The van der Waals surface area contributed by atoms with E-state index in [0.29, 0.717) is 38.5 Å². The van der Waals surface area contributed by atoms with Crippen molar-refractivity contribution in [3.05, 3.63) is 96.1 Å². The van der Waals surface area contributed by atoms with Gasteiger partial charge >= 0.3 is 0 Å². The molecule has 0 spiro atoms. The van der Waals surface area contributed by atoms with E-state index < -0.39 is 6.04 Å². The van der Waals surface area contributed by atoms with Gasteiger partial charge in [-0.25, -0.2) is 0 Å². The molecule has 0 fully saturated rings. The van der Waals surface area contributed by atoms with Gasteiger partial charge in [0.1, 0.15) is 17.5 Å². The molecule has 0 unspecified atom stereocenters. The molecule has 1 atom stereocenters. The van der Waals surface area contributed by atoms with Gasteiger partial charge in [-0.05, 0) is 47.7 Å². The summed E-state index contributed by atoms with van der Waals surface area (Å²) in [6.45, 7) is 5.45. The number of carbonyl (C=O) groups excluding carboxylic acids is 2. The van der Waals surface area contributed by atoms with Crippen molar-refractivity contribution in [3.63, 3.8) is 0 Å². The Kier molecular flexibility index (Phi) is 11.0. The Hall–Kier alpha value is -3.80. The lowest BCUT2D eigenvalue weighted by Gasteiger charge is -2.32. The minimum Gasteiger partial charge on any atom is -0.497 e. The van der Waals surface area contributed by atoms with Crippen molar-refractivity contribution in [3.8, 4) is 11.5 Å². The molecule has 0 aliphatic rings. The molecule has 3 rings (SSSR count).